The van der Waals surface area contributed by atoms with Gasteiger partial charge in [0.1, 0.15) is 5.82 Å². The quantitative estimate of drug-likeness (QED) is 0.383. The van der Waals surface area contributed by atoms with E-state index in [0.717, 1.165) is 28.5 Å². The number of nitrogens with zero attached hydrogens (tertiary/aromatic N) is 1. The normalized spacial score (nSPS) is 12.9. The summed E-state index contributed by atoms with van der Waals surface area (Å²) < 4.78 is 13.3. The van der Waals surface area contributed by atoms with E-state index in [1.807, 2.05) is 36.5 Å². The molecule has 142 valence electrons. The molecule has 2 aromatic carbocycles. The van der Waals surface area contributed by atoms with Gasteiger partial charge in [-0.1, -0.05) is 30.3 Å². The molecule has 4 N–H and O–H groups in total. The number of aliphatic hydroxyl groups is 1. The van der Waals surface area contributed by atoms with Crippen LogP contribution < -0.4 is 10.6 Å². The fraction of sp³-hybridized carbons (Fsp3) is 0.286. The summed E-state index contributed by atoms with van der Waals surface area (Å²) in [6.07, 6.45) is 2.70. The van der Waals surface area contributed by atoms with Gasteiger partial charge in [0, 0.05) is 43.2 Å². The van der Waals surface area contributed by atoms with E-state index in [0.29, 0.717) is 19.0 Å². The van der Waals surface area contributed by atoms with E-state index in [-0.39, 0.29) is 18.3 Å². The van der Waals surface area contributed by atoms with Crippen LogP contribution in [0.1, 0.15) is 17.0 Å². The molecule has 1 heterocycles. The van der Waals surface area contributed by atoms with Crippen molar-refractivity contribution in [2.45, 2.75) is 12.3 Å². The minimum atomic E-state index is -0.240. The van der Waals surface area contributed by atoms with Gasteiger partial charge in [0.25, 0.3) is 0 Å². The SMILES string of the molecule is CN=C(NCCc1c[nH]c2cc(F)ccc12)NCC(CO)c1ccccc1. The van der Waals surface area contributed by atoms with Crippen molar-refractivity contribution in [2.24, 2.45) is 4.99 Å². The van der Waals surface area contributed by atoms with Crippen LogP contribution in [0.2, 0.25) is 0 Å². The van der Waals surface area contributed by atoms with Gasteiger partial charge in [0.2, 0.25) is 0 Å². The Bertz CT molecular complexity index is 892. The maximum atomic E-state index is 13.3. The lowest BCUT2D eigenvalue weighted by atomic mass is 10.0. The molecule has 6 heteroatoms. The number of aliphatic hydroxyl groups excluding tert-OH is 1. The first-order valence-corrected chi connectivity index (χ1v) is 9.07. The lowest BCUT2D eigenvalue weighted by Gasteiger charge is -2.18. The van der Waals surface area contributed by atoms with Crippen LogP contribution in [0, 0.1) is 5.82 Å². The van der Waals surface area contributed by atoms with E-state index in [4.69, 9.17) is 0 Å². The number of guanidine groups is 1. The average Bonchev–Trinajstić information content (AvgIpc) is 3.09. The Labute approximate surface area is 158 Å². The van der Waals surface area contributed by atoms with Gasteiger partial charge < -0.3 is 20.7 Å². The summed E-state index contributed by atoms with van der Waals surface area (Å²) in [5, 5.41) is 17.2. The van der Waals surface area contributed by atoms with Crippen LogP contribution in [-0.2, 0) is 6.42 Å². The van der Waals surface area contributed by atoms with E-state index < -0.39 is 0 Å². The monoisotopic (exact) mass is 368 g/mol. The van der Waals surface area contributed by atoms with Gasteiger partial charge in [-0.15, -0.1) is 0 Å². The van der Waals surface area contributed by atoms with Gasteiger partial charge in [0.15, 0.2) is 5.96 Å². The Morgan fingerprint density at radius 3 is 2.74 bits per heavy atom. The average molecular weight is 368 g/mol. The molecule has 0 amide bonds. The predicted octanol–water partition coefficient (Wildman–Crippen LogP) is 2.79. The molecule has 0 bridgehead atoms. The Morgan fingerprint density at radius 1 is 1.19 bits per heavy atom. The summed E-state index contributed by atoms with van der Waals surface area (Å²) in [4.78, 5) is 7.34. The van der Waals surface area contributed by atoms with Gasteiger partial charge in [-0.05, 0) is 35.7 Å². The third kappa shape index (κ3) is 4.86. The zero-order chi connectivity index (χ0) is 19.1. The molecule has 5 nitrogen and oxygen atoms in total. The van der Waals surface area contributed by atoms with Crippen molar-refractivity contribution in [2.75, 3.05) is 26.7 Å². The van der Waals surface area contributed by atoms with E-state index in [1.165, 1.54) is 12.1 Å². The van der Waals surface area contributed by atoms with Crippen molar-refractivity contribution < 1.29 is 9.50 Å². The summed E-state index contributed by atoms with van der Waals surface area (Å²) in [7, 11) is 1.72. The van der Waals surface area contributed by atoms with Crippen molar-refractivity contribution in [3.8, 4) is 0 Å². The maximum Gasteiger partial charge on any atom is 0.191 e. The molecule has 1 aromatic heterocycles. The van der Waals surface area contributed by atoms with Crippen LogP contribution in [0.25, 0.3) is 10.9 Å². The first kappa shape index (κ1) is 18.9. The van der Waals surface area contributed by atoms with E-state index in [1.54, 1.807) is 13.1 Å². The van der Waals surface area contributed by atoms with Crippen LogP contribution in [0.15, 0.2) is 59.7 Å². The highest BCUT2D eigenvalue weighted by molar-refractivity contribution is 5.83. The second-order valence-electron chi connectivity index (χ2n) is 6.42. The number of rotatable bonds is 7. The molecule has 0 spiro atoms. The number of halogens is 1. The number of benzene rings is 2. The number of fused-ring (bicyclic) bond motifs is 1. The number of aliphatic imine (C=N–C) groups is 1. The molecule has 0 fully saturated rings. The minimum absolute atomic E-state index is 0.00765. The van der Waals surface area contributed by atoms with E-state index >= 15 is 0 Å². The predicted molar refractivity (Wildman–Crippen MR) is 108 cm³/mol. The summed E-state index contributed by atoms with van der Waals surface area (Å²) in [6.45, 7) is 1.35. The fourth-order valence-electron chi connectivity index (χ4n) is 3.13. The van der Waals surface area contributed by atoms with Crippen LogP contribution in [0.5, 0.6) is 0 Å². The molecule has 0 radical (unpaired) electrons. The summed E-state index contributed by atoms with van der Waals surface area (Å²) in [5.74, 6) is 0.457. The Kier molecular flexibility index (Phi) is 6.44. The second-order valence-corrected chi connectivity index (χ2v) is 6.42. The molecule has 1 unspecified atom stereocenters. The highest BCUT2D eigenvalue weighted by Gasteiger charge is 2.11. The van der Waals surface area contributed by atoms with Crippen molar-refractivity contribution in [1.29, 1.82) is 0 Å². The fourth-order valence-corrected chi connectivity index (χ4v) is 3.13. The van der Waals surface area contributed by atoms with Crippen molar-refractivity contribution in [3.05, 3.63) is 71.7 Å². The van der Waals surface area contributed by atoms with Crippen LogP contribution in [0.4, 0.5) is 4.39 Å². The Morgan fingerprint density at radius 2 is 2.00 bits per heavy atom. The lowest BCUT2D eigenvalue weighted by molar-refractivity contribution is 0.265. The number of aromatic nitrogens is 1. The summed E-state index contributed by atoms with van der Waals surface area (Å²) in [5.41, 5.74) is 3.03. The summed E-state index contributed by atoms with van der Waals surface area (Å²) in [6, 6.07) is 14.7. The van der Waals surface area contributed by atoms with Gasteiger partial charge in [-0.3, -0.25) is 4.99 Å². The van der Waals surface area contributed by atoms with Gasteiger partial charge >= 0.3 is 0 Å². The number of hydrogen-bond acceptors (Lipinski definition) is 2. The zero-order valence-corrected chi connectivity index (χ0v) is 15.4. The Balaban J connectivity index is 1.51. The molecule has 0 aliphatic rings. The molecule has 1 atom stereocenters. The lowest BCUT2D eigenvalue weighted by Crippen LogP contribution is -2.40. The number of aromatic amines is 1. The molecule has 0 aliphatic heterocycles. The van der Waals surface area contributed by atoms with Gasteiger partial charge in [-0.2, -0.15) is 0 Å². The van der Waals surface area contributed by atoms with Gasteiger partial charge in [0.05, 0.1) is 6.61 Å². The highest BCUT2D eigenvalue weighted by atomic mass is 19.1. The van der Waals surface area contributed by atoms with Crippen LogP contribution in [-0.4, -0.2) is 42.8 Å². The van der Waals surface area contributed by atoms with E-state index in [9.17, 15) is 9.50 Å². The first-order chi connectivity index (χ1) is 13.2. The molecule has 3 rings (SSSR count). The first-order valence-electron chi connectivity index (χ1n) is 9.07. The third-order valence-electron chi connectivity index (χ3n) is 4.65. The number of H-pyrrole nitrogens is 1. The van der Waals surface area contributed by atoms with Crippen LogP contribution >= 0.6 is 0 Å². The Hall–Kier alpha value is -2.86. The molecular formula is C21H25FN4O. The van der Waals surface area contributed by atoms with Gasteiger partial charge in [-0.25, -0.2) is 4.39 Å². The number of nitrogens with one attached hydrogen (secondary N) is 3. The molecule has 27 heavy (non-hydrogen) atoms. The molecule has 0 saturated heterocycles. The highest BCUT2D eigenvalue weighted by Crippen LogP contribution is 2.19. The van der Waals surface area contributed by atoms with Crippen LogP contribution in [0.3, 0.4) is 0 Å². The molecule has 3 aromatic rings. The van der Waals surface area contributed by atoms with Crippen molar-refractivity contribution in [1.82, 2.24) is 15.6 Å². The zero-order valence-electron chi connectivity index (χ0n) is 15.4. The third-order valence-corrected chi connectivity index (χ3v) is 4.65. The molecular weight excluding hydrogens is 343 g/mol. The second kappa shape index (κ2) is 9.19. The molecule has 0 aliphatic carbocycles. The molecule has 0 saturated carbocycles. The number of hydrogen-bond donors (Lipinski definition) is 4. The minimum Gasteiger partial charge on any atom is -0.396 e. The smallest absolute Gasteiger partial charge is 0.191 e. The van der Waals surface area contributed by atoms with Crippen molar-refractivity contribution in [3.63, 3.8) is 0 Å². The topological polar surface area (TPSA) is 72.4 Å². The van der Waals surface area contributed by atoms with Crippen molar-refractivity contribution >= 4 is 16.9 Å². The standard InChI is InChI=1S/C21H25FN4O/c1-23-21(26-13-17(14-27)15-5-3-2-4-6-15)24-10-9-16-12-25-20-11-18(22)7-8-19(16)20/h2-8,11-12,17,25,27H,9-10,13-14H2,1H3,(H2,23,24,26). The largest absolute Gasteiger partial charge is 0.396 e. The maximum absolute atomic E-state index is 13.3. The summed E-state index contributed by atoms with van der Waals surface area (Å²) >= 11 is 0. The van der Waals surface area contributed by atoms with E-state index in [2.05, 4.69) is 20.6 Å².